The van der Waals surface area contributed by atoms with Crippen LogP contribution in [0.5, 0.6) is 5.75 Å². The third kappa shape index (κ3) is 10.2. The van der Waals surface area contributed by atoms with Gasteiger partial charge in [0.25, 0.3) is 0 Å². The number of nitrogens with zero attached hydrogens (tertiary/aromatic N) is 2. The SMILES string of the molecule is COc1ccc(F)cc1C(=NC(CCCCNC(=O)CCSSc1ccccn1)C(=O)O)c1ccc(Cl)cc1. The number of aliphatic imine (C=N–C) groups is 1. The average molecular weight is 590 g/mol. The van der Waals surface area contributed by atoms with Crippen molar-refractivity contribution in [2.75, 3.05) is 19.4 Å². The van der Waals surface area contributed by atoms with Gasteiger partial charge in [-0.05, 0) is 72.5 Å². The van der Waals surface area contributed by atoms with E-state index in [-0.39, 0.29) is 12.3 Å². The highest BCUT2D eigenvalue weighted by Crippen LogP contribution is 2.29. The van der Waals surface area contributed by atoms with Crippen LogP contribution < -0.4 is 10.1 Å². The lowest BCUT2D eigenvalue weighted by molar-refractivity contribution is -0.138. The Morgan fingerprint density at radius 1 is 1.15 bits per heavy atom. The van der Waals surface area contributed by atoms with Crippen LogP contribution >= 0.6 is 33.2 Å². The molecular weight excluding hydrogens is 561 g/mol. The number of hydrogen-bond donors (Lipinski definition) is 2. The molecule has 39 heavy (non-hydrogen) atoms. The Balaban J connectivity index is 1.56. The van der Waals surface area contributed by atoms with E-state index in [1.807, 2.05) is 18.2 Å². The number of aromatic nitrogens is 1. The van der Waals surface area contributed by atoms with Crippen LogP contribution in [0.1, 0.15) is 36.8 Å². The quantitative estimate of drug-likeness (QED) is 0.122. The number of aliphatic carboxylic acids is 1. The minimum absolute atomic E-state index is 0.0554. The van der Waals surface area contributed by atoms with Crippen LogP contribution in [0, 0.1) is 5.82 Å². The van der Waals surface area contributed by atoms with Gasteiger partial charge in [-0.25, -0.2) is 14.2 Å². The monoisotopic (exact) mass is 589 g/mol. The van der Waals surface area contributed by atoms with Gasteiger partial charge in [0, 0.05) is 41.1 Å². The number of carboxylic acid groups (broad SMARTS) is 1. The number of amides is 1. The Morgan fingerprint density at radius 2 is 1.95 bits per heavy atom. The van der Waals surface area contributed by atoms with E-state index in [9.17, 15) is 19.1 Å². The maximum atomic E-state index is 14.2. The number of pyridine rings is 1. The van der Waals surface area contributed by atoms with E-state index < -0.39 is 17.8 Å². The van der Waals surface area contributed by atoms with E-state index in [1.165, 1.54) is 36.1 Å². The summed E-state index contributed by atoms with van der Waals surface area (Å²) < 4.78 is 19.6. The Morgan fingerprint density at radius 3 is 2.64 bits per heavy atom. The smallest absolute Gasteiger partial charge is 0.328 e. The highest BCUT2D eigenvalue weighted by atomic mass is 35.5. The minimum atomic E-state index is -1.09. The molecule has 2 aromatic carbocycles. The van der Waals surface area contributed by atoms with Gasteiger partial charge in [-0.15, -0.1) is 0 Å². The molecule has 0 aliphatic carbocycles. The summed E-state index contributed by atoms with van der Waals surface area (Å²) >= 11 is 6.03. The molecule has 0 fully saturated rings. The number of methoxy groups -OCH3 is 1. The molecule has 0 aliphatic heterocycles. The lowest BCUT2D eigenvalue weighted by atomic mass is 10.00. The van der Waals surface area contributed by atoms with Crippen molar-refractivity contribution in [2.24, 2.45) is 4.99 Å². The molecule has 1 aromatic heterocycles. The molecule has 0 saturated heterocycles. The van der Waals surface area contributed by atoms with Gasteiger partial charge in [0.05, 0.1) is 12.8 Å². The molecule has 3 aromatic rings. The van der Waals surface area contributed by atoms with E-state index in [0.717, 1.165) is 5.03 Å². The number of carboxylic acids is 1. The zero-order valence-electron chi connectivity index (χ0n) is 21.3. The fraction of sp³-hybridized carbons (Fsp3) is 0.286. The van der Waals surface area contributed by atoms with Crippen LogP contribution in [0.3, 0.4) is 0 Å². The number of hydrogen-bond acceptors (Lipinski definition) is 7. The van der Waals surface area contributed by atoms with E-state index in [0.29, 0.717) is 59.2 Å². The topological polar surface area (TPSA) is 101 Å². The Bertz CT molecular complexity index is 1260. The second-order valence-electron chi connectivity index (χ2n) is 8.35. The molecule has 1 unspecified atom stereocenters. The number of ether oxygens (including phenoxy) is 1. The normalized spacial score (nSPS) is 12.1. The Hall–Kier alpha value is -3.08. The van der Waals surface area contributed by atoms with Gasteiger partial charge in [-0.1, -0.05) is 40.6 Å². The van der Waals surface area contributed by atoms with Crippen LogP contribution in [0.4, 0.5) is 4.39 Å². The molecule has 1 atom stereocenters. The lowest BCUT2D eigenvalue weighted by Crippen LogP contribution is -2.25. The molecule has 0 aliphatic rings. The van der Waals surface area contributed by atoms with Crippen LogP contribution in [0.2, 0.25) is 5.02 Å². The van der Waals surface area contributed by atoms with Crippen LogP contribution in [-0.4, -0.2) is 53.1 Å². The Kier molecular flexibility index (Phi) is 12.6. The standard InChI is InChI=1S/C28H29ClFN3O4S2/c1-37-24-13-12-21(30)18-22(24)27(19-8-10-20(29)11-9-19)33-23(28(35)36)6-2-4-15-31-25(34)14-17-38-39-26-7-3-5-16-32-26/h3,5,7-13,16,18,23H,2,4,6,14-15,17H2,1H3,(H,31,34)(H,35,36). The number of benzene rings is 2. The molecule has 0 bridgehead atoms. The summed E-state index contributed by atoms with van der Waals surface area (Å²) in [7, 11) is 4.55. The average Bonchev–Trinajstić information content (AvgIpc) is 2.93. The van der Waals surface area contributed by atoms with Crippen molar-refractivity contribution in [3.63, 3.8) is 0 Å². The molecule has 3 rings (SSSR count). The highest BCUT2D eigenvalue weighted by molar-refractivity contribution is 8.76. The summed E-state index contributed by atoms with van der Waals surface area (Å²) in [4.78, 5) is 33.0. The molecule has 2 N–H and O–H groups in total. The first-order valence-electron chi connectivity index (χ1n) is 12.2. The van der Waals surface area contributed by atoms with E-state index in [4.69, 9.17) is 16.3 Å². The summed E-state index contributed by atoms with van der Waals surface area (Å²) in [5, 5.41) is 14.2. The third-order valence-electron chi connectivity index (χ3n) is 5.53. The Labute approximate surface area is 240 Å². The molecule has 0 radical (unpaired) electrons. The van der Waals surface area contributed by atoms with Gasteiger partial charge in [-0.3, -0.25) is 9.79 Å². The van der Waals surface area contributed by atoms with Crippen molar-refractivity contribution in [2.45, 2.75) is 36.8 Å². The van der Waals surface area contributed by atoms with Gasteiger partial charge in [0.15, 0.2) is 0 Å². The molecule has 7 nitrogen and oxygen atoms in total. The van der Waals surface area contributed by atoms with Crippen molar-refractivity contribution in [1.82, 2.24) is 10.3 Å². The van der Waals surface area contributed by atoms with Crippen LogP contribution in [-0.2, 0) is 9.59 Å². The molecule has 11 heteroatoms. The zero-order chi connectivity index (χ0) is 28.0. The number of carbonyl (C=O) groups is 2. The van der Waals surface area contributed by atoms with Gasteiger partial charge >= 0.3 is 5.97 Å². The lowest BCUT2D eigenvalue weighted by Gasteiger charge is -2.15. The van der Waals surface area contributed by atoms with Gasteiger partial charge < -0.3 is 15.2 Å². The summed E-state index contributed by atoms with van der Waals surface area (Å²) in [6, 6.07) is 15.4. The van der Waals surface area contributed by atoms with E-state index in [2.05, 4.69) is 15.3 Å². The first-order chi connectivity index (χ1) is 18.9. The number of halogens is 2. The predicted octanol–water partition coefficient (Wildman–Crippen LogP) is 6.29. The maximum absolute atomic E-state index is 14.2. The third-order valence-corrected chi connectivity index (χ3v) is 8.04. The fourth-order valence-electron chi connectivity index (χ4n) is 3.58. The summed E-state index contributed by atoms with van der Waals surface area (Å²) in [6.45, 7) is 0.439. The predicted molar refractivity (Wildman–Crippen MR) is 155 cm³/mol. The second kappa shape index (κ2) is 16.1. The maximum Gasteiger partial charge on any atom is 0.328 e. The van der Waals surface area contributed by atoms with Gasteiger partial charge in [0.1, 0.15) is 22.6 Å². The number of rotatable bonds is 15. The van der Waals surface area contributed by atoms with E-state index >= 15 is 0 Å². The van der Waals surface area contributed by atoms with Gasteiger partial charge in [-0.2, -0.15) is 0 Å². The van der Waals surface area contributed by atoms with Crippen molar-refractivity contribution in [3.05, 3.63) is 88.8 Å². The number of nitrogens with one attached hydrogen (secondary N) is 1. The number of unbranched alkanes of at least 4 members (excludes halogenated alkanes) is 1. The molecule has 0 spiro atoms. The highest BCUT2D eigenvalue weighted by Gasteiger charge is 2.21. The first kappa shape index (κ1) is 30.5. The minimum Gasteiger partial charge on any atom is -0.496 e. The summed E-state index contributed by atoms with van der Waals surface area (Å²) in [5.41, 5.74) is 1.23. The molecule has 1 heterocycles. The molecule has 206 valence electrons. The van der Waals surface area contributed by atoms with Crippen LogP contribution in [0.25, 0.3) is 0 Å². The van der Waals surface area contributed by atoms with Crippen LogP contribution in [0.15, 0.2) is 76.9 Å². The summed E-state index contributed by atoms with van der Waals surface area (Å²) in [6.07, 6.45) is 3.48. The molecule has 1 amide bonds. The fourth-order valence-corrected chi connectivity index (χ4v) is 5.58. The second-order valence-corrected chi connectivity index (χ2v) is 11.2. The number of carbonyl (C=O) groups excluding carboxylic acids is 1. The van der Waals surface area contributed by atoms with Crippen molar-refractivity contribution < 1.29 is 23.8 Å². The summed E-state index contributed by atoms with van der Waals surface area (Å²) in [5.74, 6) is -0.624. The zero-order valence-corrected chi connectivity index (χ0v) is 23.7. The first-order valence-corrected chi connectivity index (χ1v) is 14.9. The van der Waals surface area contributed by atoms with Crippen molar-refractivity contribution in [3.8, 4) is 5.75 Å². The van der Waals surface area contributed by atoms with Crippen molar-refractivity contribution >= 4 is 50.8 Å². The van der Waals surface area contributed by atoms with E-state index in [1.54, 1.807) is 41.3 Å². The molecular formula is C28H29ClFN3O4S2. The largest absolute Gasteiger partial charge is 0.496 e. The van der Waals surface area contributed by atoms with Gasteiger partial charge in [0.2, 0.25) is 5.91 Å². The van der Waals surface area contributed by atoms with Crippen molar-refractivity contribution in [1.29, 1.82) is 0 Å². The molecule has 0 saturated carbocycles.